The van der Waals surface area contributed by atoms with Crippen molar-refractivity contribution in [1.29, 1.82) is 0 Å². The van der Waals surface area contributed by atoms with Gasteiger partial charge in [0.1, 0.15) is 13.2 Å². The summed E-state index contributed by atoms with van der Waals surface area (Å²) in [5.74, 6) is 1.57. The van der Waals surface area contributed by atoms with Gasteiger partial charge in [-0.05, 0) is 42.0 Å². The molecule has 0 radical (unpaired) electrons. The van der Waals surface area contributed by atoms with Crippen molar-refractivity contribution >= 4 is 17.4 Å². The molecule has 1 fully saturated rings. The minimum Gasteiger partial charge on any atom is -0.486 e. The molecule has 6 heteroatoms. The summed E-state index contributed by atoms with van der Waals surface area (Å²) in [5.41, 5.74) is 1.11. The molecule has 1 saturated heterocycles. The number of thiophene rings is 1. The fraction of sp³-hybridized carbons (Fsp3) is 0.389. The lowest BCUT2D eigenvalue weighted by molar-refractivity contribution is 0.170. The smallest absolute Gasteiger partial charge is 0.318 e. The number of nitrogens with one attached hydrogen (secondary N) is 1. The lowest BCUT2D eigenvalue weighted by Gasteiger charge is -2.27. The molecular weight excluding hydrogens is 324 g/mol. The molecule has 2 amide bonds. The molecule has 2 aliphatic rings. The summed E-state index contributed by atoms with van der Waals surface area (Å²) in [5, 5.41) is 5.05. The van der Waals surface area contributed by atoms with E-state index in [4.69, 9.17) is 9.47 Å². The van der Waals surface area contributed by atoms with Gasteiger partial charge in [0.05, 0.1) is 12.6 Å². The van der Waals surface area contributed by atoms with E-state index in [0.717, 1.165) is 36.4 Å². The standard InChI is InChI=1S/C18H20N2O3S/c21-18(19-12-14-3-2-10-24-14)20-7-1-4-15(20)13-5-6-16-17(11-13)23-9-8-22-16/h2-3,5-6,10-11,15H,1,4,7-9,12H2,(H,19,21)/t15-/m0/s1. The number of hydrogen-bond donors (Lipinski definition) is 1. The van der Waals surface area contributed by atoms with E-state index < -0.39 is 0 Å². The number of carbonyl (C=O) groups excluding carboxylic acids is 1. The molecule has 0 spiro atoms. The summed E-state index contributed by atoms with van der Waals surface area (Å²) >= 11 is 1.66. The van der Waals surface area contributed by atoms with Crippen LogP contribution in [0.15, 0.2) is 35.7 Å². The molecule has 2 aliphatic heterocycles. The number of carbonyl (C=O) groups is 1. The maximum Gasteiger partial charge on any atom is 0.318 e. The second-order valence-corrected chi connectivity index (χ2v) is 7.02. The van der Waals surface area contributed by atoms with Gasteiger partial charge in [0.2, 0.25) is 0 Å². The number of ether oxygens (including phenoxy) is 2. The van der Waals surface area contributed by atoms with Gasteiger partial charge in [-0.3, -0.25) is 0 Å². The van der Waals surface area contributed by atoms with Gasteiger partial charge in [-0.1, -0.05) is 12.1 Å². The Labute approximate surface area is 145 Å². The first-order valence-corrected chi connectivity index (χ1v) is 9.15. The van der Waals surface area contributed by atoms with Crippen molar-refractivity contribution in [2.75, 3.05) is 19.8 Å². The Hall–Kier alpha value is -2.21. The zero-order chi connectivity index (χ0) is 16.4. The van der Waals surface area contributed by atoms with E-state index in [0.29, 0.717) is 19.8 Å². The first-order valence-electron chi connectivity index (χ1n) is 8.27. The van der Waals surface area contributed by atoms with Gasteiger partial charge in [0.25, 0.3) is 0 Å². The van der Waals surface area contributed by atoms with Gasteiger partial charge in [-0.15, -0.1) is 11.3 Å². The number of amides is 2. The number of rotatable bonds is 3. The summed E-state index contributed by atoms with van der Waals surface area (Å²) in [6, 6.07) is 10.1. The maximum atomic E-state index is 12.6. The molecule has 1 aromatic heterocycles. The average molecular weight is 344 g/mol. The summed E-state index contributed by atoms with van der Waals surface area (Å²) in [4.78, 5) is 15.7. The maximum absolute atomic E-state index is 12.6. The fourth-order valence-electron chi connectivity index (χ4n) is 3.30. The fourth-order valence-corrected chi connectivity index (χ4v) is 3.95. The number of urea groups is 1. The molecule has 2 aromatic rings. The second-order valence-electron chi connectivity index (χ2n) is 5.99. The van der Waals surface area contributed by atoms with E-state index in [1.807, 2.05) is 40.6 Å². The van der Waals surface area contributed by atoms with E-state index in [2.05, 4.69) is 5.32 Å². The van der Waals surface area contributed by atoms with Crippen molar-refractivity contribution in [3.05, 3.63) is 46.2 Å². The predicted octanol–water partition coefficient (Wildman–Crippen LogP) is 3.57. The van der Waals surface area contributed by atoms with Crippen molar-refractivity contribution in [1.82, 2.24) is 10.2 Å². The second kappa shape index (κ2) is 6.73. The predicted molar refractivity (Wildman–Crippen MR) is 92.7 cm³/mol. The topological polar surface area (TPSA) is 50.8 Å². The third-order valence-electron chi connectivity index (χ3n) is 4.46. The zero-order valence-electron chi connectivity index (χ0n) is 13.4. The van der Waals surface area contributed by atoms with Crippen molar-refractivity contribution < 1.29 is 14.3 Å². The number of fused-ring (bicyclic) bond motifs is 1. The van der Waals surface area contributed by atoms with E-state index in [9.17, 15) is 4.79 Å². The van der Waals surface area contributed by atoms with Crippen LogP contribution < -0.4 is 14.8 Å². The molecule has 1 N–H and O–H groups in total. The molecule has 0 saturated carbocycles. The number of nitrogens with zero attached hydrogens (tertiary/aromatic N) is 1. The third-order valence-corrected chi connectivity index (χ3v) is 5.34. The molecule has 5 nitrogen and oxygen atoms in total. The van der Waals surface area contributed by atoms with Crippen LogP contribution in [0.4, 0.5) is 4.79 Å². The highest BCUT2D eigenvalue weighted by Crippen LogP contribution is 2.38. The van der Waals surface area contributed by atoms with Crippen molar-refractivity contribution in [2.24, 2.45) is 0 Å². The molecule has 3 heterocycles. The Bertz CT molecular complexity index is 717. The quantitative estimate of drug-likeness (QED) is 0.926. The minimum absolute atomic E-state index is 0.000731. The highest BCUT2D eigenvalue weighted by atomic mass is 32.1. The van der Waals surface area contributed by atoms with Crippen LogP contribution in [-0.2, 0) is 6.54 Å². The monoisotopic (exact) mass is 344 g/mol. The minimum atomic E-state index is 0.000731. The third kappa shape index (κ3) is 3.06. The Kier molecular flexibility index (Phi) is 4.30. The van der Waals surface area contributed by atoms with Crippen LogP contribution in [0.25, 0.3) is 0 Å². The first-order chi connectivity index (χ1) is 11.8. The van der Waals surface area contributed by atoms with E-state index in [1.165, 1.54) is 4.88 Å². The summed E-state index contributed by atoms with van der Waals surface area (Å²) < 4.78 is 11.3. The normalized spacial score (nSPS) is 19.3. The Morgan fingerprint density at radius 3 is 2.96 bits per heavy atom. The van der Waals surface area contributed by atoms with E-state index in [-0.39, 0.29) is 12.1 Å². The molecule has 0 bridgehead atoms. The van der Waals surface area contributed by atoms with E-state index in [1.54, 1.807) is 11.3 Å². The summed E-state index contributed by atoms with van der Waals surface area (Å²) in [6.07, 6.45) is 2.00. The zero-order valence-corrected chi connectivity index (χ0v) is 14.2. The number of likely N-dealkylation sites (tertiary alicyclic amines) is 1. The molecule has 126 valence electrons. The summed E-state index contributed by atoms with van der Waals surface area (Å²) in [6.45, 7) is 2.54. The van der Waals surface area contributed by atoms with Gasteiger partial charge >= 0.3 is 6.03 Å². The highest BCUT2D eigenvalue weighted by molar-refractivity contribution is 7.09. The largest absolute Gasteiger partial charge is 0.486 e. The van der Waals surface area contributed by atoms with Gasteiger partial charge in [-0.2, -0.15) is 0 Å². The lowest BCUT2D eigenvalue weighted by atomic mass is 10.0. The van der Waals surface area contributed by atoms with Crippen LogP contribution in [0.2, 0.25) is 0 Å². The first kappa shape index (κ1) is 15.3. The van der Waals surface area contributed by atoms with Gasteiger partial charge in [0, 0.05) is 11.4 Å². The number of benzene rings is 1. The SMILES string of the molecule is O=C(NCc1cccs1)N1CCC[C@H]1c1ccc2c(c1)OCCO2. The van der Waals surface area contributed by atoms with Crippen molar-refractivity contribution in [3.63, 3.8) is 0 Å². The molecule has 1 atom stereocenters. The van der Waals surface area contributed by atoms with Gasteiger partial charge in [-0.25, -0.2) is 4.79 Å². The molecule has 0 aliphatic carbocycles. The van der Waals surface area contributed by atoms with Crippen LogP contribution >= 0.6 is 11.3 Å². The molecule has 4 rings (SSSR count). The van der Waals surface area contributed by atoms with Crippen LogP contribution in [0.3, 0.4) is 0 Å². The highest BCUT2D eigenvalue weighted by Gasteiger charge is 2.30. The summed E-state index contributed by atoms with van der Waals surface area (Å²) in [7, 11) is 0. The Balaban J connectivity index is 1.47. The van der Waals surface area contributed by atoms with E-state index >= 15 is 0 Å². The van der Waals surface area contributed by atoms with Crippen molar-refractivity contribution in [2.45, 2.75) is 25.4 Å². The molecule has 0 unspecified atom stereocenters. The molecule has 1 aromatic carbocycles. The van der Waals surface area contributed by atoms with Crippen LogP contribution in [0, 0.1) is 0 Å². The average Bonchev–Trinajstić information content (AvgIpc) is 3.31. The van der Waals surface area contributed by atoms with Crippen molar-refractivity contribution in [3.8, 4) is 11.5 Å². The Morgan fingerprint density at radius 2 is 2.12 bits per heavy atom. The molecule has 24 heavy (non-hydrogen) atoms. The van der Waals surface area contributed by atoms with Crippen LogP contribution in [-0.4, -0.2) is 30.7 Å². The molecular formula is C18H20N2O3S. The lowest BCUT2D eigenvalue weighted by Crippen LogP contribution is -2.39. The van der Waals surface area contributed by atoms with Gasteiger partial charge < -0.3 is 19.7 Å². The van der Waals surface area contributed by atoms with Crippen LogP contribution in [0.1, 0.15) is 29.3 Å². The van der Waals surface area contributed by atoms with Crippen LogP contribution in [0.5, 0.6) is 11.5 Å². The van der Waals surface area contributed by atoms with Gasteiger partial charge in [0.15, 0.2) is 11.5 Å². The Morgan fingerprint density at radius 1 is 1.25 bits per heavy atom. The number of hydrogen-bond acceptors (Lipinski definition) is 4.